The Morgan fingerprint density at radius 2 is 1.92 bits per heavy atom. The van der Waals surface area contributed by atoms with Gasteiger partial charge in [0, 0.05) is 23.8 Å². The van der Waals surface area contributed by atoms with Gasteiger partial charge in [0.15, 0.2) is 0 Å². The standard InChI is InChI=1S/C22H28N2O2/c1-7-10-20-19(8-2)16(4)21(5,6)22(20,9-3)23-15-17-11-13-18(14-12-17)24(25)26/h7-8,10-16H,2,9H2,1,3-6H3/b10-7-,23-15?. The van der Waals surface area contributed by atoms with Crippen molar-refractivity contribution in [1.29, 1.82) is 0 Å². The van der Waals surface area contributed by atoms with E-state index in [-0.39, 0.29) is 21.6 Å². The summed E-state index contributed by atoms with van der Waals surface area (Å²) in [7, 11) is 0. The second-order valence-electron chi connectivity index (χ2n) is 7.34. The van der Waals surface area contributed by atoms with Gasteiger partial charge < -0.3 is 0 Å². The molecule has 0 saturated carbocycles. The van der Waals surface area contributed by atoms with E-state index in [9.17, 15) is 10.1 Å². The lowest BCUT2D eigenvalue weighted by Gasteiger charge is -2.42. The Morgan fingerprint density at radius 3 is 2.38 bits per heavy atom. The number of benzene rings is 1. The van der Waals surface area contributed by atoms with Gasteiger partial charge in [0.1, 0.15) is 0 Å². The largest absolute Gasteiger partial charge is 0.281 e. The van der Waals surface area contributed by atoms with E-state index in [0.717, 1.165) is 12.0 Å². The number of nitrogens with zero attached hydrogens (tertiary/aromatic N) is 2. The quantitative estimate of drug-likeness (QED) is 0.364. The zero-order chi connectivity index (χ0) is 19.5. The van der Waals surface area contributed by atoms with Crippen LogP contribution in [0.4, 0.5) is 5.69 Å². The second kappa shape index (κ2) is 7.40. The zero-order valence-corrected chi connectivity index (χ0v) is 16.3. The molecule has 0 amide bonds. The third kappa shape index (κ3) is 3.05. The van der Waals surface area contributed by atoms with Crippen LogP contribution in [-0.2, 0) is 0 Å². The van der Waals surface area contributed by atoms with Gasteiger partial charge in [-0.3, -0.25) is 15.1 Å². The highest BCUT2D eigenvalue weighted by atomic mass is 16.6. The molecule has 0 bridgehead atoms. The summed E-state index contributed by atoms with van der Waals surface area (Å²) in [6.45, 7) is 15.0. The van der Waals surface area contributed by atoms with Crippen molar-refractivity contribution in [2.24, 2.45) is 16.3 Å². The average molecular weight is 352 g/mol. The molecule has 26 heavy (non-hydrogen) atoms. The van der Waals surface area contributed by atoms with Gasteiger partial charge in [-0.05, 0) is 48.1 Å². The average Bonchev–Trinajstić information content (AvgIpc) is 2.78. The van der Waals surface area contributed by atoms with Crippen LogP contribution in [0, 0.1) is 21.4 Å². The Morgan fingerprint density at radius 1 is 1.31 bits per heavy atom. The van der Waals surface area contributed by atoms with Crippen molar-refractivity contribution < 1.29 is 4.92 Å². The minimum atomic E-state index is -0.389. The number of nitro benzene ring substituents is 1. The molecule has 0 spiro atoms. The van der Waals surface area contributed by atoms with Crippen LogP contribution in [0.3, 0.4) is 0 Å². The summed E-state index contributed by atoms with van der Waals surface area (Å²) in [5.41, 5.74) is 2.98. The molecule has 4 heteroatoms. The molecule has 0 radical (unpaired) electrons. The number of rotatable bonds is 6. The number of non-ortho nitro benzene ring substituents is 1. The molecule has 0 aliphatic heterocycles. The van der Waals surface area contributed by atoms with Crippen LogP contribution in [0.1, 0.15) is 46.6 Å². The first-order valence-corrected chi connectivity index (χ1v) is 9.04. The summed E-state index contributed by atoms with van der Waals surface area (Å²) in [4.78, 5) is 15.5. The van der Waals surface area contributed by atoms with Crippen molar-refractivity contribution >= 4 is 11.9 Å². The lowest BCUT2D eigenvalue weighted by atomic mass is 9.66. The summed E-state index contributed by atoms with van der Waals surface area (Å²) in [6.07, 6.45) is 8.88. The SMILES string of the molecule is C=CC1=C(/C=C\C)C(CC)(N=Cc2ccc([N+](=O)[O-])cc2)C(C)(C)C1C. The van der Waals surface area contributed by atoms with Gasteiger partial charge in [-0.2, -0.15) is 0 Å². The first-order chi connectivity index (χ1) is 12.2. The Kier molecular flexibility index (Phi) is 5.65. The number of hydrogen-bond acceptors (Lipinski definition) is 3. The fourth-order valence-electron chi connectivity index (χ4n) is 4.09. The van der Waals surface area contributed by atoms with Crippen molar-refractivity contribution in [3.63, 3.8) is 0 Å². The third-order valence-corrected chi connectivity index (χ3v) is 5.97. The van der Waals surface area contributed by atoms with Gasteiger partial charge >= 0.3 is 0 Å². The van der Waals surface area contributed by atoms with Gasteiger partial charge in [0.2, 0.25) is 0 Å². The molecule has 2 rings (SSSR count). The molecule has 0 heterocycles. The van der Waals surface area contributed by atoms with Crippen LogP contribution in [0.5, 0.6) is 0 Å². The molecule has 0 fully saturated rings. The van der Waals surface area contributed by atoms with Crippen LogP contribution in [0.15, 0.2) is 65.2 Å². The van der Waals surface area contributed by atoms with E-state index < -0.39 is 0 Å². The third-order valence-electron chi connectivity index (χ3n) is 5.97. The van der Waals surface area contributed by atoms with Crippen LogP contribution in [0.25, 0.3) is 0 Å². The summed E-state index contributed by atoms with van der Waals surface area (Å²) < 4.78 is 0. The predicted octanol–water partition coefficient (Wildman–Crippen LogP) is 5.90. The molecule has 138 valence electrons. The minimum Gasteiger partial charge on any atom is -0.281 e. The van der Waals surface area contributed by atoms with E-state index in [2.05, 4.69) is 46.4 Å². The van der Waals surface area contributed by atoms with Crippen LogP contribution in [-0.4, -0.2) is 16.7 Å². The number of allylic oxidation sites excluding steroid dienone is 3. The van der Waals surface area contributed by atoms with Crippen molar-refractivity contribution in [2.45, 2.75) is 46.6 Å². The molecule has 1 aliphatic rings. The highest BCUT2D eigenvalue weighted by Gasteiger charge is 2.55. The number of hydrogen-bond donors (Lipinski definition) is 0. The van der Waals surface area contributed by atoms with Crippen molar-refractivity contribution in [3.05, 3.63) is 75.9 Å². The van der Waals surface area contributed by atoms with E-state index in [1.54, 1.807) is 12.1 Å². The topological polar surface area (TPSA) is 55.5 Å². The van der Waals surface area contributed by atoms with E-state index in [1.807, 2.05) is 19.2 Å². The monoisotopic (exact) mass is 352 g/mol. The Bertz CT molecular complexity index is 785. The van der Waals surface area contributed by atoms with E-state index in [1.165, 1.54) is 23.3 Å². The van der Waals surface area contributed by atoms with Crippen LogP contribution >= 0.6 is 0 Å². The summed E-state index contributed by atoms with van der Waals surface area (Å²) in [6, 6.07) is 6.51. The van der Waals surface area contributed by atoms with Crippen molar-refractivity contribution in [2.75, 3.05) is 0 Å². The smallest absolute Gasteiger partial charge is 0.269 e. The minimum absolute atomic E-state index is 0.0720. The molecule has 0 aromatic heterocycles. The second-order valence-corrected chi connectivity index (χ2v) is 7.34. The maximum absolute atomic E-state index is 10.8. The van der Waals surface area contributed by atoms with Crippen LogP contribution < -0.4 is 0 Å². The molecule has 1 aromatic carbocycles. The first kappa shape index (κ1) is 19.8. The maximum Gasteiger partial charge on any atom is 0.269 e. The molecular weight excluding hydrogens is 324 g/mol. The summed E-state index contributed by atoms with van der Waals surface area (Å²) >= 11 is 0. The Hall–Kier alpha value is -2.49. The van der Waals surface area contributed by atoms with Crippen LogP contribution in [0.2, 0.25) is 0 Å². The van der Waals surface area contributed by atoms with Gasteiger partial charge in [-0.15, -0.1) is 0 Å². The first-order valence-electron chi connectivity index (χ1n) is 9.04. The Balaban J connectivity index is 2.55. The van der Waals surface area contributed by atoms with Crippen molar-refractivity contribution in [3.8, 4) is 0 Å². The van der Waals surface area contributed by atoms with E-state index in [0.29, 0.717) is 5.92 Å². The molecular formula is C22H28N2O2. The van der Waals surface area contributed by atoms with E-state index >= 15 is 0 Å². The lowest BCUT2D eigenvalue weighted by molar-refractivity contribution is -0.384. The number of nitro groups is 1. The van der Waals surface area contributed by atoms with Gasteiger partial charge in [0.05, 0.1) is 10.5 Å². The Labute approximate surface area is 156 Å². The van der Waals surface area contributed by atoms with E-state index in [4.69, 9.17) is 4.99 Å². The molecule has 2 unspecified atom stereocenters. The van der Waals surface area contributed by atoms with Gasteiger partial charge in [-0.1, -0.05) is 52.5 Å². The van der Waals surface area contributed by atoms with Gasteiger partial charge in [0.25, 0.3) is 5.69 Å². The summed E-state index contributed by atoms with van der Waals surface area (Å²) in [5, 5.41) is 10.8. The maximum atomic E-state index is 10.8. The lowest BCUT2D eigenvalue weighted by Crippen LogP contribution is -2.43. The highest BCUT2D eigenvalue weighted by Crippen LogP contribution is 2.57. The zero-order valence-electron chi connectivity index (χ0n) is 16.3. The molecule has 1 aliphatic carbocycles. The molecule has 1 aromatic rings. The molecule has 2 atom stereocenters. The van der Waals surface area contributed by atoms with Crippen molar-refractivity contribution in [1.82, 2.24) is 0 Å². The highest BCUT2D eigenvalue weighted by molar-refractivity contribution is 5.81. The number of aliphatic imine (C=N–C) groups is 1. The molecule has 4 nitrogen and oxygen atoms in total. The normalized spacial score (nSPS) is 25.3. The molecule has 0 N–H and O–H groups in total. The fourth-order valence-corrected chi connectivity index (χ4v) is 4.09. The van der Waals surface area contributed by atoms with Gasteiger partial charge in [-0.25, -0.2) is 0 Å². The summed E-state index contributed by atoms with van der Waals surface area (Å²) in [5.74, 6) is 0.333. The predicted molar refractivity (Wildman–Crippen MR) is 109 cm³/mol. The molecule has 0 saturated heterocycles. The fraction of sp³-hybridized carbons (Fsp3) is 0.409.